The van der Waals surface area contributed by atoms with E-state index in [4.69, 9.17) is 29.0 Å². The molecule has 1 heterocycles. The second kappa shape index (κ2) is 6.14. The van der Waals surface area contributed by atoms with E-state index in [1.165, 1.54) is 0 Å². The average Bonchev–Trinajstić information content (AvgIpc) is 2.62. The van der Waals surface area contributed by atoms with Gasteiger partial charge in [-0.1, -0.05) is 35.3 Å². The van der Waals surface area contributed by atoms with Gasteiger partial charge in [0.05, 0.1) is 11.7 Å². The van der Waals surface area contributed by atoms with Crippen molar-refractivity contribution in [3.8, 4) is 0 Å². The molecule has 1 aromatic carbocycles. The highest BCUT2D eigenvalue weighted by atomic mass is 35.5. The maximum Gasteiger partial charge on any atom is 0.130 e. The summed E-state index contributed by atoms with van der Waals surface area (Å²) < 4.78 is 1.66. The lowest BCUT2D eigenvalue weighted by atomic mass is 9.99. The fourth-order valence-electron chi connectivity index (χ4n) is 2.28. The molecule has 6 heteroatoms. The number of hydrazine groups is 1. The Labute approximate surface area is 128 Å². The molecule has 0 aliphatic heterocycles. The molecule has 20 heavy (non-hydrogen) atoms. The first-order chi connectivity index (χ1) is 9.43. The Bertz CT molecular complexity index is 622. The normalized spacial score (nSPS) is 12.7. The van der Waals surface area contributed by atoms with Gasteiger partial charge in [-0.15, -0.1) is 0 Å². The second-order valence-electron chi connectivity index (χ2n) is 4.93. The molecule has 2 rings (SSSR count). The largest absolute Gasteiger partial charge is 0.271 e. The quantitative estimate of drug-likeness (QED) is 0.674. The van der Waals surface area contributed by atoms with Crippen molar-refractivity contribution in [2.24, 2.45) is 12.9 Å². The zero-order valence-corrected chi connectivity index (χ0v) is 13.3. The number of aryl methyl sites for hydroxylation is 3. The number of nitrogens with zero attached hydrogens (tertiary/aromatic N) is 2. The van der Waals surface area contributed by atoms with Crippen LogP contribution >= 0.6 is 23.2 Å². The van der Waals surface area contributed by atoms with Crippen molar-refractivity contribution >= 4 is 23.2 Å². The zero-order valence-electron chi connectivity index (χ0n) is 11.7. The van der Waals surface area contributed by atoms with Crippen LogP contribution in [-0.2, 0) is 13.5 Å². The van der Waals surface area contributed by atoms with Crippen LogP contribution in [0.4, 0.5) is 0 Å². The van der Waals surface area contributed by atoms with Crippen LogP contribution in [0.2, 0.25) is 10.2 Å². The summed E-state index contributed by atoms with van der Waals surface area (Å²) in [5.41, 5.74) is 6.77. The number of nitrogens with one attached hydrogen (secondary N) is 1. The minimum atomic E-state index is -0.108. The Morgan fingerprint density at radius 1 is 1.35 bits per heavy atom. The van der Waals surface area contributed by atoms with Crippen molar-refractivity contribution in [1.82, 2.24) is 15.2 Å². The van der Waals surface area contributed by atoms with Crippen molar-refractivity contribution in [3.63, 3.8) is 0 Å². The molecular formula is C14H18Cl2N4. The Balaban J connectivity index is 2.33. The van der Waals surface area contributed by atoms with Gasteiger partial charge in [-0.25, -0.2) is 0 Å². The molecule has 0 saturated carbocycles. The van der Waals surface area contributed by atoms with Gasteiger partial charge >= 0.3 is 0 Å². The Hall–Kier alpha value is -1.07. The van der Waals surface area contributed by atoms with Crippen molar-refractivity contribution in [2.45, 2.75) is 26.3 Å². The van der Waals surface area contributed by atoms with Gasteiger partial charge < -0.3 is 0 Å². The number of halogens is 2. The van der Waals surface area contributed by atoms with E-state index in [0.29, 0.717) is 16.6 Å². The fraction of sp³-hybridized carbons (Fsp3) is 0.357. The average molecular weight is 313 g/mol. The fourth-order valence-corrected chi connectivity index (χ4v) is 2.90. The summed E-state index contributed by atoms with van der Waals surface area (Å²) in [5, 5.41) is 5.64. The summed E-state index contributed by atoms with van der Waals surface area (Å²) in [6.45, 7) is 3.94. The van der Waals surface area contributed by atoms with E-state index in [1.807, 2.05) is 39.1 Å². The molecule has 2 aromatic rings. The second-order valence-corrected chi connectivity index (χ2v) is 5.69. The summed E-state index contributed by atoms with van der Waals surface area (Å²) >= 11 is 12.6. The lowest BCUT2D eigenvalue weighted by molar-refractivity contribution is 0.551. The highest BCUT2D eigenvalue weighted by molar-refractivity contribution is 6.31. The predicted molar refractivity (Wildman–Crippen MR) is 82.9 cm³/mol. The number of hydrogen-bond donors (Lipinski definition) is 2. The highest BCUT2D eigenvalue weighted by Gasteiger charge is 2.19. The zero-order chi connectivity index (χ0) is 14.9. The summed E-state index contributed by atoms with van der Waals surface area (Å²) in [4.78, 5) is 0. The summed E-state index contributed by atoms with van der Waals surface area (Å²) in [6, 6.07) is 5.83. The van der Waals surface area contributed by atoms with E-state index in [0.717, 1.165) is 22.4 Å². The van der Waals surface area contributed by atoms with Gasteiger partial charge in [0.1, 0.15) is 5.15 Å². The molecule has 1 atom stereocenters. The van der Waals surface area contributed by atoms with Gasteiger partial charge in [0.15, 0.2) is 0 Å². The molecule has 3 N–H and O–H groups in total. The van der Waals surface area contributed by atoms with E-state index in [-0.39, 0.29) is 6.04 Å². The van der Waals surface area contributed by atoms with E-state index < -0.39 is 0 Å². The summed E-state index contributed by atoms with van der Waals surface area (Å²) in [7, 11) is 1.82. The number of nitrogens with two attached hydrogens (primary N) is 1. The van der Waals surface area contributed by atoms with Gasteiger partial charge in [0, 0.05) is 17.6 Å². The lowest BCUT2D eigenvalue weighted by Gasteiger charge is -2.18. The number of hydrogen-bond acceptors (Lipinski definition) is 3. The van der Waals surface area contributed by atoms with Crippen LogP contribution in [0.5, 0.6) is 0 Å². The first-order valence-electron chi connectivity index (χ1n) is 6.34. The van der Waals surface area contributed by atoms with Crippen LogP contribution < -0.4 is 11.3 Å². The molecule has 0 aliphatic rings. The molecule has 0 amide bonds. The van der Waals surface area contributed by atoms with Crippen LogP contribution in [0.25, 0.3) is 0 Å². The van der Waals surface area contributed by atoms with Gasteiger partial charge in [-0.05, 0) is 37.5 Å². The molecule has 0 saturated heterocycles. The summed E-state index contributed by atoms with van der Waals surface area (Å²) in [5.74, 6) is 5.69. The number of aromatic nitrogens is 2. The first kappa shape index (κ1) is 15.3. The van der Waals surface area contributed by atoms with E-state index in [1.54, 1.807) is 4.68 Å². The third-order valence-electron chi connectivity index (χ3n) is 3.41. The Morgan fingerprint density at radius 3 is 2.55 bits per heavy atom. The molecule has 0 bridgehead atoms. The first-order valence-corrected chi connectivity index (χ1v) is 7.09. The lowest BCUT2D eigenvalue weighted by Crippen LogP contribution is -2.30. The SMILES string of the molecule is Cc1ccc(C(Cc2c(C)nn(C)c2Cl)NN)c(Cl)c1. The van der Waals surface area contributed by atoms with Crippen LogP contribution in [0.15, 0.2) is 18.2 Å². The Morgan fingerprint density at radius 2 is 2.05 bits per heavy atom. The molecule has 1 unspecified atom stereocenters. The van der Waals surface area contributed by atoms with Crippen LogP contribution in [0, 0.1) is 13.8 Å². The molecular weight excluding hydrogens is 295 g/mol. The van der Waals surface area contributed by atoms with Crippen molar-refractivity contribution < 1.29 is 0 Å². The van der Waals surface area contributed by atoms with Gasteiger partial charge in [-0.2, -0.15) is 5.10 Å². The molecule has 0 spiro atoms. The molecule has 0 aliphatic carbocycles. The third-order valence-corrected chi connectivity index (χ3v) is 4.21. The highest BCUT2D eigenvalue weighted by Crippen LogP contribution is 2.29. The molecule has 0 fully saturated rings. The van der Waals surface area contributed by atoms with Gasteiger partial charge in [-0.3, -0.25) is 16.0 Å². The van der Waals surface area contributed by atoms with Crippen LogP contribution in [0.3, 0.4) is 0 Å². The minimum absolute atomic E-state index is 0.108. The van der Waals surface area contributed by atoms with E-state index >= 15 is 0 Å². The maximum atomic E-state index is 6.30. The number of benzene rings is 1. The van der Waals surface area contributed by atoms with Crippen molar-refractivity contribution in [3.05, 3.63) is 50.8 Å². The Kier molecular flexibility index (Phi) is 4.70. The smallest absolute Gasteiger partial charge is 0.130 e. The van der Waals surface area contributed by atoms with Crippen LogP contribution in [0.1, 0.15) is 28.4 Å². The number of rotatable bonds is 4. The minimum Gasteiger partial charge on any atom is -0.271 e. The van der Waals surface area contributed by atoms with E-state index in [2.05, 4.69) is 10.5 Å². The summed E-state index contributed by atoms with van der Waals surface area (Å²) in [6.07, 6.45) is 0.637. The molecule has 108 valence electrons. The molecule has 1 aromatic heterocycles. The maximum absolute atomic E-state index is 6.30. The molecule has 4 nitrogen and oxygen atoms in total. The molecule has 0 radical (unpaired) electrons. The standard InChI is InChI=1S/C14H18Cl2N4/c1-8-4-5-10(12(15)6-8)13(18-17)7-11-9(2)19-20(3)14(11)16/h4-6,13,18H,7,17H2,1-3H3. The third kappa shape index (κ3) is 2.99. The monoisotopic (exact) mass is 312 g/mol. The van der Waals surface area contributed by atoms with Crippen molar-refractivity contribution in [2.75, 3.05) is 0 Å². The van der Waals surface area contributed by atoms with Crippen LogP contribution in [-0.4, -0.2) is 9.78 Å². The van der Waals surface area contributed by atoms with Crippen molar-refractivity contribution in [1.29, 1.82) is 0 Å². The van der Waals surface area contributed by atoms with Gasteiger partial charge in [0.25, 0.3) is 0 Å². The topological polar surface area (TPSA) is 55.9 Å². The predicted octanol–water partition coefficient (Wildman–Crippen LogP) is 3.09. The van der Waals surface area contributed by atoms with E-state index in [9.17, 15) is 0 Å². The van der Waals surface area contributed by atoms with Gasteiger partial charge in [0.2, 0.25) is 0 Å².